The zero-order valence-electron chi connectivity index (χ0n) is 11.4. The molecule has 114 valence electrons. The summed E-state index contributed by atoms with van der Waals surface area (Å²) in [7, 11) is 0. The number of rotatable bonds is 4. The first kappa shape index (κ1) is 16.0. The van der Waals surface area contributed by atoms with Gasteiger partial charge in [0.15, 0.2) is 0 Å². The Morgan fingerprint density at radius 2 is 1.90 bits per heavy atom. The lowest BCUT2D eigenvalue weighted by molar-refractivity contribution is -0.0328. The Morgan fingerprint density at radius 1 is 1.19 bits per heavy atom. The quantitative estimate of drug-likeness (QED) is 0.797. The zero-order valence-corrected chi connectivity index (χ0v) is 12.3. The van der Waals surface area contributed by atoms with E-state index in [0.29, 0.717) is 6.42 Å². The molecule has 0 atom stereocenters. The van der Waals surface area contributed by atoms with Gasteiger partial charge >= 0.3 is 5.51 Å². The van der Waals surface area contributed by atoms with Crippen LogP contribution in [0.3, 0.4) is 0 Å². The van der Waals surface area contributed by atoms with E-state index in [1.165, 1.54) is 6.07 Å². The second-order valence-electron chi connectivity index (χ2n) is 4.78. The van der Waals surface area contributed by atoms with Gasteiger partial charge in [0.05, 0.1) is 6.07 Å². The molecule has 1 saturated heterocycles. The van der Waals surface area contributed by atoms with Gasteiger partial charge in [-0.2, -0.15) is 18.4 Å². The maximum atomic E-state index is 12.4. The largest absolute Gasteiger partial charge is 0.446 e. The van der Waals surface area contributed by atoms with Crippen LogP contribution in [0.25, 0.3) is 0 Å². The van der Waals surface area contributed by atoms with Crippen molar-refractivity contribution in [2.24, 2.45) is 0 Å². The van der Waals surface area contributed by atoms with Gasteiger partial charge < -0.3 is 4.90 Å². The van der Waals surface area contributed by atoms with Crippen LogP contribution in [0.2, 0.25) is 0 Å². The number of alkyl halides is 3. The topological polar surface area (TPSA) is 30.3 Å². The lowest BCUT2D eigenvalue weighted by atomic mass is 10.2. The van der Waals surface area contributed by atoms with E-state index in [1.807, 2.05) is 6.07 Å². The third-order valence-electron chi connectivity index (χ3n) is 3.33. The van der Waals surface area contributed by atoms with Crippen LogP contribution >= 0.6 is 11.8 Å². The molecule has 0 amide bonds. The summed E-state index contributed by atoms with van der Waals surface area (Å²) >= 11 is -0.0826. The van der Waals surface area contributed by atoms with E-state index < -0.39 is 5.51 Å². The number of nitrogens with zero attached hydrogens (tertiary/aromatic N) is 3. The molecule has 1 aliphatic rings. The summed E-state index contributed by atoms with van der Waals surface area (Å²) in [4.78, 5) is 4.50. The summed E-state index contributed by atoms with van der Waals surface area (Å²) in [6, 6.07) is 8.68. The van der Waals surface area contributed by atoms with Crippen molar-refractivity contribution >= 4 is 17.4 Å². The van der Waals surface area contributed by atoms with Gasteiger partial charge in [-0.3, -0.25) is 4.90 Å². The Bertz CT molecular complexity index is 505. The number of thioether (sulfide) groups is 1. The van der Waals surface area contributed by atoms with Crippen molar-refractivity contribution in [1.82, 2.24) is 4.90 Å². The SMILES string of the molecule is N#CCCN1CCN(c2cccc(SC(F)(F)F)c2)CC1. The fourth-order valence-corrected chi connectivity index (χ4v) is 2.91. The van der Waals surface area contributed by atoms with Gasteiger partial charge in [0.25, 0.3) is 0 Å². The van der Waals surface area contributed by atoms with Crippen LogP contribution in [0.1, 0.15) is 6.42 Å². The summed E-state index contributed by atoms with van der Waals surface area (Å²) in [5, 5.41) is 8.57. The van der Waals surface area contributed by atoms with Gasteiger partial charge in [0, 0.05) is 49.7 Å². The van der Waals surface area contributed by atoms with E-state index in [4.69, 9.17) is 5.26 Å². The summed E-state index contributed by atoms with van der Waals surface area (Å²) in [6.07, 6.45) is 0.512. The standard InChI is InChI=1S/C14H16F3N3S/c15-14(16,17)21-13-4-1-3-12(11-13)20-9-7-19(8-10-20)6-2-5-18/h1,3-4,11H,2,6-10H2. The average Bonchev–Trinajstić information content (AvgIpc) is 2.44. The predicted molar refractivity (Wildman–Crippen MR) is 77.2 cm³/mol. The van der Waals surface area contributed by atoms with Crippen molar-refractivity contribution in [1.29, 1.82) is 5.26 Å². The Kier molecular flexibility index (Phi) is 5.37. The molecule has 0 aliphatic carbocycles. The first-order valence-corrected chi connectivity index (χ1v) is 7.49. The molecule has 0 aromatic heterocycles. The fourth-order valence-electron chi connectivity index (χ4n) is 2.32. The minimum Gasteiger partial charge on any atom is -0.369 e. The van der Waals surface area contributed by atoms with Crippen LogP contribution in [0.15, 0.2) is 29.2 Å². The molecule has 3 nitrogen and oxygen atoms in total. The molecular formula is C14H16F3N3S. The number of anilines is 1. The Morgan fingerprint density at radius 3 is 2.52 bits per heavy atom. The second-order valence-corrected chi connectivity index (χ2v) is 5.92. The molecule has 0 spiro atoms. The van der Waals surface area contributed by atoms with E-state index in [9.17, 15) is 13.2 Å². The first-order chi connectivity index (χ1) is 9.98. The van der Waals surface area contributed by atoms with E-state index in [0.717, 1.165) is 38.4 Å². The highest BCUT2D eigenvalue weighted by Gasteiger charge is 2.29. The van der Waals surface area contributed by atoms with Crippen molar-refractivity contribution in [3.05, 3.63) is 24.3 Å². The molecule has 1 aromatic carbocycles. The van der Waals surface area contributed by atoms with Crippen LogP contribution in [0.5, 0.6) is 0 Å². The number of halogens is 3. The molecule has 0 bridgehead atoms. The molecule has 7 heteroatoms. The lowest BCUT2D eigenvalue weighted by Crippen LogP contribution is -2.46. The molecular weight excluding hydrogens is 299 g/mol. The molecule has 1 heterocycles. The van der Waals surface area contributed by atoms with E-state index in [-0.39, 0.29) is 16.7 Å². The maximum Gasteiger partial charge on any atom is 0.446 e. The van der Waals surface area contributed by atoms with Crippen molar-refractivity contribution in [3.8, 4) is 6.07 Å². The summed E-state index contributed by atoms with van der Waals surface area (Å²) < 4.78 is 37.2. The third-order valence-corrected chi connectivity index (χ3v) is 4.05. The number of benzene rings is 1. The minimum atomic E-state index is -4.26. The second kappa shape index (κ2) is 7.05. The van der Waals surface area contributed by atoms with Crippen molar-refractivity contribution < 1.29 is 13.2 Å². The third kappa shape index (κ3) is 5.14. The van der Waals surface area contributed by atoms with Crippen LogP contribution in [-0.2, 0) is 0 Å². The van der Waals surface area contributed by atoms with Gasteiger partial charge in [0.2, 0.25) is 0 Å². The average molecular weight is 315 g/mol. The molecule has 1 fully saturated rings. The highest BCUT2D eigenvalue weighted by atomic mass is 32.2. The normalized spacial score (nSPS) is 16.8. The van der Waals surface area contributed by atoms with Crippen LogP contribution in [0.4, 0.5) is 18.9 Å². The van der Waals surface area contributed by atoms with Gasteiger partial charge in [0.1, 0.15) is 0 Å². The summed E-state index contributed by atoms with van der Waals surface area (Å²) in [5.74, 6) is 0. The van der Waals surface area contributed by atoms with Gasteiger partial charge in [-0.05, 0) is 30.0 Å². The number of piperazine rings is 1. The van der Waals surface area contributed by atoms with E-state index >= 15 is 0 Å². The molecule has 2 rings (SSSR count). The minimum absolute atomic E-state index is 0.0826. The molecule has 0 radical (unpaired) electrons. The zero-order chi connectivity index (χ0) is 15.3. The smallest absolute Gasteiger partial charge is 0.369 e. The first-order valence-electron chi connectivity index (χ1n) is 6.68. The van der Waals surface area contributed by atoms with E-state index in [1.54, 1.807) is 12.1 Å². The van der Waals surface area contributed by atoms with Crippen molar-refractivity contribution in [3.63, 3.8) is 0 Å². The number of hydrogen-bond donors (Lipinski definition) is 0. The highest BCUT2D eigenvalue weighted by Crippen LogP contribution is 2.38. The van der Waals surface area contributed by atoms with Gasteiger partial charge in [-0.1, -0.05) is 6.07 Å². The molecule has 21 heavy (non-hydrogen) atoms. The molecule has 0 saturated carbocycles. The predicted octanol–water partition coefficient (Wildman–Crippen LogP) is 3.33. The molecule has 1 aliphatic heterocycles. The van der Waals surface area contributed by atoms with Crippen LogP contribution in [0, 0.1) is 11.3 Å². The molecule has 1 aromatic rings. The maximum absolute atomic E-state index is 12.4. The Labute approximate surface area is 126 Å². The van der Waals surface area contributed by atoms with Gasteiger partial charge in [-0.15, -0.1) is 0 Å². The Balaban J connectivity index is 1.94. The highest BCUT2D eigenvalue weighted by molar-refractivity contribution is 8.00. The van der Waals surface area contributed by atoms with Gasteiger partial charge in [-0.25, -0.2) is 0 Å². The molecule has 0 N–H and O–H groups in total. The van der Waals surface area contributed by atoms with Crippen LogP contribution < -0.4 is 4.90 Å². The summed E-state index contributed by atoms with van der Waals surface area (Å²) in [6.45, 7) is 3.96. The number of hydrogen-bond acceptors (Lipinski definition) is 4. The monoisotopic (exact) mass is 315 g/mol. The van der Waals surface area contributed by atoms with Crippen molar-refractivity contribution in [2.75, 3.05) is 37.6 Å². The van der Waals surface area contributed by atoms with Crippen molar-refractivity contribution in [2.45, 2.75) is 16.8 Å². The van der Waals surface area contributed by atoms with Crippen LogP contribution in [-0.4, -0.2) is 43.1 Å². The lowest BCUT2D eigenvalue weighted by Gasteiger charge is -2.35. The Hall–Kier alpha value is -1.39. The summed E-state index contributed by atoms with van der Waals surface area (Å²) in [5.41, 5.74) is -3.43. The fraction of sp³-hybridized carbons (Fsp3) is 0.500. The molecule has 0 unspecified atom stereocenters. The van der Waals surface area contributed by atoms with E-state index in [2.05, 4.69) is 15.9 Å². The number of nitriles is 1.